The Hall–Kier alpha value is -4.71. The number of hydrogen-bond donors (Lipinski definition) is 2. The summed E-state index contributed by atoms with van der Waals surface area (Å²) in [4.78, 5) is 26.4. The zero-order chi connectivity index (χ0) is 27.4. The fourth-order valence-corrected chi connectivity index (χ4v) is 4.24. The fourth-order valence-electron chi connectivity index (χ4n) is 3.64. The monoisotopic (exact) mass is 551 g/mol. The summed E-state index contributed by atoms with van der Waals surface area (Å²) < 4.78 is 45.9. The van der Waals surface area contributed by atoms with Gasteiger partial charge in [-0.05, 0) is 60.3 Å². The number of nitrogens with one attached hydrogen (secondary N) is 2. The Morgan fingerprint density at radius 1 is 0.923 bits per heavy atom. The number of ether oxygens (including phenoxy) is 1. The second-order valence-corrected chi connectivity index (χ2v) is 9.31. The average Bonchev–Trinajstić information content (AvgIpc) is 3.21. The molecule has 0 radical (unpaired) electrons. The number of rotatable bonds is 8. The molecule has 0 saturated heterocycles. The molecule has 0 spiro atoms. The minimum absolute atomic E-state index is 0.0685. The fraction of sp³-hybridized carbons (Fsp3) is 0.0741. The van der Waals surface area contributed by atoms with Gasteiger partial charge in [0.2, 0.25) is 5.95 Å². The Labute approximate surface area is 224 Å². The van der Waals surface area contributed by atoms with Crippen LogP contribution in [0.5, 0.6) is 17.2 Å². The highest BCUT2D eigenvalue weighted by molar-refractivity contribution is 8.00. The van der Waals surface area contributed by atoms with Crippen LogP contribution in [-0.2, 0) is 7.05 Å². The van der Waals surface area contributed by atoms with Gasteiger partial charge in [0.15, 0.2) is 5.75 Å². The van der Waals surface area contributed by atoms with Crippen LogP contribution in [0.4, 0.5) is 24.8 Å². The Balaban J connectivity index is 1.29. The molecule has 2 aromatic heterocycles. The highest BCUT2D eigenvalue weighted by Gasteiger charge is 2.29. The molecule has 1 amide bonds. The number of fused-ring (bicyclic) bond motifs is 1. The largest absolute Gasteiger partial charge is 0.457 e. The third kappa shape index (κ3) is 6.60. The Morgan fingerprint density at radius 3 is 2.51 bits per heavy atom. The first kappa shape index (κ1) is 25.9. The number of hydrogen-bond acceptors (Lipinski definition) is 7. The highest BCUT2D eigenvalue weighted by Crippen LogP contribution is 2.38. The van der Waals surface area contributed by atoms with Gasteiger partial charge in [0, 0.05) is 36.0 Å². The third-order valence-corrected chi connectivity index (χ3v) is 6.10. The number of carbonyl (C=O) groups is 1. The van der Waals surface area contributed by atoms with Crippen LogP contribution in [0.2, 0.25) is 0 Å². The summed E-state index contributed by atoms with van der Waals surface area (Å²) in [6.45, 7) is 0. The van der Waals surface area contributed by atoms with Gasteiger partial charge in [0.1, 0.15) is 17.2 Å². The first-order valence-corrected chi connectivity index (χ1v) is 12.3. The molecule has 2 N–H and O–H groups in total. The third-order valence-electron chi connectivity index (χ3n) is 5.38. The van der Waals surface area contributed by atoms with Gasteiger partial charge >= 0.3 is 11.4 Å². The number of para-hydroxylation sites is 1. The summed E-state index contributed by atoms with van der Waals surface area (Å²) in [7, 11) is 1.79. The van der Waals surface area contributed by atoms with Crippen LogP contribution < -0.4 is 20.4 Å². The standard InChI is InChI=1S/C27H20F3N5O3S/c1-35-24-11-10-19(15-22(24)33-26(35)32-17-6-5-9-21(14-17)39-27(28,29)30)37-20-12-13-31-23(16-20)25(36)34-38-18-7-3-2-4-8-18/h2-16H,1H3,(H,32,33)(H,34,36). The van der Waals surface area contributed by atoms with Crippen molar-refractivity contribution in [2.24, 2.45) is 7.05 Å². The first-order chi connectivity index (χ1) is 18.7. The lowest BCUT2D eigenvalue weighted by molar-refractivity contribution is -0.0328. The molecule has 3 aromatic carbocycles. The Kier molecular flexibility index (Phi) is 7.28. The quantitative estimate of drug-likeness (QED) is 0.161. The number of amides is 1. The SMILES string of the molecule is Cn1c(Nc2cccc(SC(F)(F)F)c2)nc2cc(Oc3ccnc(C(=O)NOc4ccccc4)c3)ccc21. The molecule has 0 aliphatic heterocycles. The van der Waals surface area contributed by atoms with E-state index in [0.29, 0.717) is 34.4 Å². The molecule has 198 valence electrons. The molecule has 0 aliphatic carbocycles. The summed E-state index contributed by atoms with van der Waals surface area (Å²) >= 11 is -0.178. The van der Waals surface area contributed by atoms with Gasteiger partial charge in [-0.2, -0.15) is 18.7 Å². The summed E-state index contributed by atoms with van der Waals surface area (Å²) in [5, 5.41) is 3.07. The molecule has 0 aliphatic rings. The molecule has 5 rings (SSSR count). The number of anilines is 2. The second-order valence-electron chi connectivity index (χ2n) is 8.17. The maximum Gasteiger partial charge on any atom is 0.446 e. The predicted molar refractivity (Wildman–Crippen MR) is 141 cm³/mol. The van der Waals surface area contributed by atoms with E-state index in [2.05, 4.69) is 20.8 Å². The van der Waals surface area contributed by atoms with E-state index in [-0.39, 0.29) is 22.4 Å². The molecule has 0 atom stereocenters. The molecule has 0 unspecified atom stereocenters. The highest BCUT2D eigenvalue weighted by atomic mass is 32.2. The smallest absolute Gasteiger partial charge is 0.446 e. The van der Waals surface area contributed by atoms with E-state index in [1.807, 2.05) is 6.07 Å². The van der Waals surface area contributed by atoms with Crippen molar-refractivity contribution in [3.05, 3.63) is 96.8 Å². The van der Waals surface area contributed by atoms with E-state index in [0.717, 1.165) is 5.52 Å². The molecular formula is C27H20F3N5O3S. The number of halogens is 3. The van der Waals surface area contributed by atoms with E-state index in [1.165, 1.54) is 24.4 Å². The van der Waals surface area contributed by atoms with Crippen LogP contribution in [0.25, 0.3) is 11.0 Å². The van der Waals surface area contributed by atoms with Crippen LogP contribution in [0, 0.1) is 0 Å². The first-order valence-electron chi connectivity index (χ1n) is 11.5. The van der Waals surface area contributed by atoms with Crippen molar-refractivity contribution >= 4 is 40.3 Å². The number of pyridine rings is 1. The number of benzene rings is 3. The zero-order valence-electron chi connectivity index (χ0n) is 20.3. The lowest BCUT2D eigenvalue weighted by atomic mass is 10.3. The van der Waals surface area contributed by atoms with Gasteiger partial charge in [-0.25, -0.2) is 4.98 Å². The summed E-state index contributed by atoms with van der Waals surface area (Å²) in [6, 6.07) is 23.2. The van der Waals surface area contributed by atoms with Crippen molar-refractivity contribution in [1.82, 2.24) is 20.0 Å². The van der Waals surface area contributed by atoms with E-state index >= 15 is 0 Å². The van der Waals surface area contributed by atoms with Crippen molar-refractivity contribution in [2.75, 3.05) is 5.32 Å². The van der Waals surface area contributed by atoms with Gasteiger partial charge < -0.3 is 19.5 Å². The number of aryl methyl sites for hydroxylation is 1. The number of thioether (sulfide) groups is 1. The average molecular weight is 552 g/mol. The van der Waals surface area contributed by atoms with Crippen LogP contribution in [0.3, 0.4) is 0 Å². The van der Waals surface area contributed by atoms with Crippen LogP contribution in [0.1, 0.15) is 10.5 Å². The molecule has 2 heterocycles. The van der Waals surface area contributed by atoms with Gasteiger partial charge in [0.05, 0.1) is 11.0 Å². The number of hydroxylamine groups is 1. The minimum Gasteiger partial charge on any atom is -0.457 e. The Morgan fingerprint density at radius 2 is 1.72 bits per heavy atom. The van der Waals surface area contributed by atoms with E-state index in [1.54, 1.807) is 72.3 Å². The van der Waals surface area contributed by atoms with Gasteiger partial charge in [-0.3, -0.25) is 9.78 Å². The normalized spacial score (nSPS) is 11.3. The van der Waals surface area contributed by atoms with Crippen molar-refractivity contribution < 1.29 is 27.5 Å². The number of alkyl halides is 3. The summed E-state index contributed by atoms with van der Waals surface area (Å²) in [5.74, 6) is 1.22. The van der Waals surface area contributed by atoms with Crippen LogP contribution in [-0.4, -0.2) is 26.0 Å². The number of aromatic nitrogens is 3. The second kappa shape index (κ2) is 11.0. The lowest BCUT2D eigenvalue weighted by Gasteiger charge is -2.09. The maximum absolute atomic E-state index is 12.7. The lowest BCUT2D eigenvalue weighted by Crippen LogP contribution is -2.27. The minimum atomic E-state index is -4.37. The molecule has 0 bridgehead atoms. The van der Waals surface area contributed by atoms with Crippen LogP contribution >= 0.6 is 11.8 Å². The number of carbonyl (C=O) groups excluding carboxylic acids is 1. The van der Waals surface area contributed by atoms with E-state index < -0.39 is 11.4 Å². The van der Waals surface area contributed by atoms with E-state index in [4.69, 9.17) is 9.57 Å². The predicted octanol–water partition coefficient (Wildman–Crippen LogP) is 6.84. The number of imidazole rings is 1. The van der Waals surface area contributed by atoms with Gasteiger partial charge in [-0.1, -0.05) is 24.3 Å². The molecule has 12 heteroatoms. The van der Waals surface area contributed by atoms with Gasteiger partial charge in [0.25, 0.3) is 0 Å². The van der Waals surface area contributed by atoms with Crippen molar-refractivity contribution in [3.8, 4) is 17.2 Å². The van der Waals surface area contributed by atoms with Crippen LogP contribution in [0.15, 0.2) is 96.0 Å². The molecular weight excluding hydrogens is 531 g/mol. The molecule has 0 fully saturated rings. The molecule has 39 heavy (non-hydrogen) atoms. The summed E-state index contributed by atoms with van der Waals surface area (Å²) in [5.41, 5.74) is -0.0901. The van der Waals surface area contributed by atoms with E-state index in [9.17, 15) is 18.0 Å². The molecule has 8 nitrogen and oxygen atoms in total. The van der Waals surface area contributed by atoms with Gasteiger partial charge in [-0.15, -0.1) is 0 Å². The molecule has 5 aromatic rings. The maximum atomic E-state index is 12.7. The summed E-state index contributed by atoms with van der Waals surface area (Å²) in [6.07, 6.45) is 1.44. The number of nitrogens with zero attached hydrogens (tertiary/aromatic N) is 3. The topological polar surface area (TPSA) is 90.3 Å². The zero-order valence-corrected chi connectivity index (χ0v) is 21.1. The van der Waals surface area contributed by atoms with Crippen molar-refractivity contribution in [2.45, 2.75) is 10.4 Å². The Bertz CT molecular complexity index is 1630. The van der Waals surface area contributed by atoms with Crippen molar-refractivity contribution in [1.29, 1.82) is 0 Å². The molecule has 0 saturated carbocycles. The van der Waals surface area contributed by atoms with Crippen molar-refractivity contribution in [3.63, 3.8) is 0 Å².